The van der Waals surface area contributed by atoms with Crippen LogP contribution in [0.25, 0.3) is 0 Å². The zero-order chi connectivity index (χ0) is 14.9. The highest BCUT2D eigenvalue weighted by Gasteiger charge is 2.28. The zero-order valence-corrected chi connectivity index (χ0v) is 13.1. The molecule has 0 amide bonds. The summed E-state index contributed by atoms with van der Waals surface area (Å²) in [4.78, 5) is 2.51. The molecule has 0 aliphatic carbocycles. The first kappa shape index (κ1) is 15.3. The highest BCUT2D eigenvalue weighted by atomic mass is 32.2. The van der Waals surface area contributed by atoms with Crippen molar-refractivity contribution in [2.75, 3.05) is 25.9 Å². The van der Waals surface area contributed by atoms with Crippen molar-refractivity contribution in [3.63, 3.8) is 0 Å². The number of rotatable bonds is 3. The molecular weight excluding hydrogens is 274 g/mol. The quantitative estimate of drug-likeness (QED) is 0.822. The van der Waals surface area contributed by atoms with Crippen LogP contribution in [-0.4, -0.2) is 39.5 Å². The largest absolute Gasteiger partial charge is 0.399 e. The second-order valence-electron chi connectivity index (χ2n) is 5.77. The molecule has 0 spiro atoms. The first-order chi connectivity index (χ1) is 9.29. The smallest absolute Gasteiger partial charge is 0.240 e. The SMILES string of the molecule is Cc1cc(S(=O)(=O)NC2CCN(C)CC2C)ccc1N. The van der Waals surface area contributed by atoms with E-state index in [4.69, 9.17) is 5.73 Å². The molecule has 1 aliphatic heterocycles. The lowest BCUT2D eigenvalue weighted by Gasteiger charge is -2.34. The van der Waals surface area contributed by atoms with E-state index in [0.717, 1.165) is 25.1 Å². The van der Waals surface area contributed by atoms with Crippen LogP contribution in [-0.2, 0) is 10.0 Å². The summed E-state index contributed by atoms with van der Waals surface area (Å²) in [7, 11) is -1.41. The van der Waals surface area contributed by atoms with Gasteiger partial charge >= 0.3 is 0 Å². The number of benzene rings is 1. The van der Waals surface area contributed by atoms with E-state index in [9.17, 15) is 8.42 Å². The normalized spacial score (nSPS) is 24.8. The Morgan fingerprint density at radius 2 is 2.10 bits per heavy atom. The van der Waals surface area contributed by atoms with E-state index in [1.54, 1.807) is 18.2 Å². The average molecular weight is 297 g/mol. The molecule has 2 unspecified atom stereocenters. The molecule has 2 rings (SSSR count). The van der Waals surface area contributed by atoms with Crippen molar-refractivity contribution in [3.05, 3.63) is 23.8 Å². The summed E-state index contributed by atoms with van der Waals surface area (Å²) in [5.41, 5.74) is 7.12. The van der Waals surface area contributed by atoms with E-state index in [1.165, 1.54) is 0 Å². The number of sulfonamides is 1. The Morgan fingerprint density at radius 3 is 2.70 bits per heavy atom. The summed E-state index contributed by atoms with van der Waals surface area (Å²) in [6.07, 6.45) is 0.838. The maximum atomic E-state index is 12.4. The molecule has 1 saturated heterocycles. The summed E-state index contributed by atoms with van der Waals surface area (Å²) < 4.78 is 27.7. The number of anilines is 1. The van der Waals surface area contributed by atoms with Gasteiger partial charge in [0.1, 0.15) is 0 Å². The molecule has 0 saturated carbocycles. The molecule has 1 aromatic carbocycles. The van der Waals surface area contributed by atoms with Crippen LogP contribution in [0.15, 0.2) is 23.1 Å². The van der Waals surface area contributed by atoms with Gasteiger partial charge in [0.15, 0.2) is 0 Å². The highest BCUT2D eigenvalue weighted by molar-refractivity contribution is 7.89. The fourth-order valence-corrected chi connectivity index (χ4v) is 4.08. The van der Waals surface area contributed by atoms with Crippen LogP contribution in [0.1, 0.15) is 18.9 Å². The van der Waals surface area contributed by atoms with Crippen LogP contribution in [0, 0.1) is 12.8 Å². The van der Waals surface area contributed by atoms with Crippen LogP contribution >= 0.6 is 0 Å². The van der Waals surface area contributed by atoms with Crippen molar-refractivity contribution in [1.29, 1.82) is 0 Å². The average Bonchev–Trinajstić information content (AvgIpc) is 2.36. The van der Waals surface area contributed by atoms with E-state index in [0.29, 0.717) is 11.6 Å². The van der Waals surface area contributed by atoms with Crippen molar-refractivity contribution >= 4 is 15.7 Å². The number of nitrogen functional groups attached to an aromatic ring is 1. The van der Waals surface area contributed by atoms with Crippen LogP contribution in [0.2, 0.25) is 0 Å². The van der Waals surface area contributed by atoms with Gasteiger partial charge in [-0.3, -0.25) is 0 Å². The van der Waals surface area contributed by atoms with E-state index in [1.807, 2.05) is 6.92 Å². The van der Waals surface area contributed by atoms with Gasteiger partial charge < -0.3 is 10.6 Å². The second kappa shape index (κ2) is 5.71. The Balaban J connectivity index is 2.16. The third kappa shape index (κ3) is 3.31. The van der Waals surface area contributed by atoms with Gasteiger partial charge in [0, 0.05) is 18.3 Å². The molecule has 20 heavy (non-hydrogen) atoms. The van der Waals surface area contributed by atoms with Crippen molar-refractivity contribution in [2.45, 2.75) is 31.2 Å². The molecule has 5 nitrogen and oxygen atoms in total. The molecule has 3 N–H and O–H groups in total. The molecule has 1 aromatic rings. The molecular formula is C14H23N3O2S. The zero-order valence-electron chi connectivity index (χ0n) is 12.3. The molecule has 112 valence electrons. The monoisotopic (exact) mass is 297 g/mol. The number of nitrogens with two attached hydrogens (primary N) is 1. The fourth-order valence-electron chi connectivity index (χ4n) is 2.61. The van der Waals surface area contributed by atoms with Gasteiger partial charge in [-0.05, 0) is 56.6 Å². The summed E-state index contributed by atoms with van der Waals surface area (Å²) in [6, 6.07) is 4.82. The minimum Gasteiger partial charge on any atom is -0.399 e. The van der Waals surface area contributed by atoms with E-state index in [2.05, 4.69) is 23.6 Å². The lowest BCUT2D eigenvalue weighted by molar-refractivity contribution is 0.188. The number of nitrogens with one attached hydrogen (secondary N) is 1. The van der Waals surface area contributed by atoms with Crippen LogP contribution in [0.3, 0.4) is 0 Å². The first-order valence-corrected chi connectivity index (χ1v) is 8.35. The number of likely N-dealkylation sites (tertiary alicyclic amines) is 1. The maximum Gasteiger partial charge on any atom is 0.240 e. The molecule has 1 aliphatic rings. The standard InChI is InChI=1S/C14H23N3O2S/c1-10-8-12(4-5-13(10)15)20(18,19)16-14-6-7-17(3)9-11(14)2/h4-5,8,11,14,16H,6-7,9,15H2,1-3H3. The fraction of sp³-hybridized carbons (Fsp3) is 0.571. The molecule has 0 bridgehead atoms. The number of piperidine rings is 1. The summed E-state index contributed by atoms with van der Waals surface area (Å²) in [6.45, 7) is 5.72. The maximum absolute atomic E-state index is 12.4. The predicted molar refractivity (Wildman–Crippen MR) is 81.0 cm³/mol. The van der Waals surface area contributed by atoms with Crippen LogP contribution in [0.5, 0.6) is 0 Å². The van der Waals surface area contributed by atoms with Gasteiger partial charge in [-0.2, -0.15) is 0 Å². The lowest BCUT2D eigenvalue weighted by Crippen LogP contribution is -2.48. The number of hydrogen-bond acceptors (Lipinski definition) is 4. The highest BCUT2D eigenvalue weighted by Crippen LogP contribution is 2.20. The third-order valence-electron chi connectivity index (χ3n) is 3.97. The summed E-state index contributed by atoms with van der Waals surface area (Å²) >= 11 is 0. The lowest BCUT2D eigenvalue weighted by atomic mass is 9.95. The molecule has 6 heteroatoms. The summed E-state index contributed by atoms with van der Waals surface area (Å²) in [5, 5.41) is 0. The van der Waals surface area contributed by atoms with Gasteiger partial charge in [-0.25, -0.2) is 13.1 Å². The van der Waals surface area contributed by atoms with Gasteiger partial charge in [-0.15, -0.1) is 0 Å². The van der Waals surface area contributed by atoms with Crippen molar-refractivity contribution < 1.29 is 8.42 Å². The Morgan fingerprint density at radius 1 is 1.40 bits per heavy atom. The Labute approximate surface area is 121 Å². The number of aryl methyl sites for hydroxylation is 1. The van der Waals surface area contributed by atoms with Crippen molar-refractivity contribution in [2.24, 2.45) is 5.92 Å². The predicted octanol–water partition coefficient (Wildman–Crippen LogP) is 1.20. The van der Waals surface area contributed by atoms with E-state index >= 15 is 0 Å². The van der Waals surface area contributed by atoms with Gasteiger partial charge in [0.25, 0.3) is 0 Å². The topological polar surface area (TPSA) is 75.4 Å². The molecule has 2 atom stereocenters. The van der Waals surface area contributed by atoms with E-state index < -0.39 is 10.0 Å². The van der Waals surface area contributed by atoms with Gasteiger partial charge in [0.2, 0.25) is 10.0 Å². The molecule has 1 fully saturated rings. The Hall–Kier alpha value is -1.11. The third-order valence-corrected chi connectivity index (χ3v) is 5.45. The van der Waals surface area contributed by atoms with Gasteiger partial charge in [0.05, 0.1) is 4.90 Å². The van der Waals surface area contributed by atoms with Gasteiger partial charge in [-0.1, -0.05) is 6.92 Å². The number of hydrogen-bond donors (Lipinski definition) is 2. The minimum atomic E-state index is -3.47. The van der Waals surface area contributed by atoms with Crippen molar-refractivity contribution in [3.8, 4) is 0 Å². The van der Waals surface area contributed by atoms with Crippen molar-refractivity contribution in [1.82, 2.24) is 9.62 Å². The molecule has 1 heterocycles. The number of nitrogens with zero attached hydrogens (tertiary/aromatic N) is 1. The molecule has 0 aromatic heterocycles. The Bertz CT molecular complexity index is 586. The minimum absolute atomic E-state index is 0.00550. The second-order valence-corrected chi connectivity index (χ2v) is 7.49. The summed E-state index contributed by atoms with van der Waals surface area (Å²) in [5.74, 6) is 0.304. The van der Waals surface area contributed by atoms with Crippen LogP contribution in [0.4, 0.5) is 5.69 Å². The van der Waals surface area contributed by atoms with E-state index in [-0.39, 0.29) is 10.9 Å². The Kier molecular flexibility index (Phi) is 4.36. The van der Waals surface area contributed by atoms with Crippen LogP contribution < -0.4 is 10.5 Å². The molecule has 0 radical (unpaired) electrons. The first-order valence-electron chi connectivity index (χ1n) is 6.86.